The van der Waals surface area contributed by atoms with Gasteiger partial charge >= 0.3 is 6.03 Å². The van der Waals surface area contributed by atoms with E-state index in [0.717, 1.165) is 23.5 Å². The first kappa shape index (κ1) is 12.9. The molecule has 0 aliphatic heterocycles. The predicted molar refractivity (Wildman–Crippen MR) is 63.7 cm³/mol. The highest BCUT2D eigenvalue weighted by molar-refractivity contribution is 7.09. The van der Waals surface area contributed by atoms with Gasteiger partial charge in [-0.05, 0) is 6.42 Å². The average molecular weight is 243 g/mol. The fourth-order valence-corrected chi connectivity index (χ4v) is 1.94. The van der Waals surface area contributed by atoms with Gasteiger partial charge in [0.1, 0.15) is 0 Å². The molecule has 0 spiro atoms. The zero-order valence-corrected chi connectivity index (χ0v) is 10.1. The Morgan fingerprint density at radius 3 is 2.88 bits per heavy atom. The van der Waals surface area contributed by atoms with Crippen LogP contribution in [-0.4, -0.2) is 35.8 Å². The standard InChI is InChI=1S/C10H17N3O2S/c1-2-9-13-8(7-16-9)3-4-11-10(15)12-5-6-14/h7,14H,2-6H2,1H3,(H2,11,12,15). The molecule has 0 aromatic carbocycles. The highest BCUT2D eigenvalue weighted by atomic mass is 32.1. The van der Waals surface area contributed by atoms with E-state index in [4.69, 9.17) is 5.11 Å². The summed E-state index contributed by atoms with van der Waals surface area (Å²) in [6.07, 6.45) is 1.69. The molecule has 0 fully saturated rings. The lowest BCUT2D eigenvalue weighted by atomic mass is 10.3. The summed E-state index contributed by atoms with van der Waals surface area (Å²) in [7, 11) is 0. The van der Waals surface area contributed by atoms with Crippen molar-refractivity contribution >= 4 is 17.4 Å². The lowest BCUT2D eigenvalue weighted by molar-refractivity contribution is 0.234. The maximum atomic E-state index is 11.1. The number of urea groups is 1. The normalized spacial score (nSPS) is 10.1. The molecule has 90 valence electrons. The van der Waals surface area contributed by atoms with Gasteiger partial charge in [0.25, 0.3) is 0 Å². The van der Waals surface area contributed by atoms with Gasteiger partial charge in [0.2, 0.25) is 0 Å². The van der Waals surface area contributed by atoms with Gasteiger partial charge in [-0.3, -0.25) is 0 Å². The fraction of sp³-hybridized carbons (Fsp3) is 0.600. The molecular weight excluding hydrogens is 226 g/mol. The molecule has 0 bridgehead atoms. The number of aryl methyl sites for hydroxylation is 1. The topological polar surface area (TPSA) is 74.2 Å². The van der Waals surface area contributed by atoms with Gasteiger partial charge in [-0.15, -0.1) is 11.3 Å². The zero-order chi connectivity index (χ0) is 11.8. The number of hydrogen-bond donors (Lipinski definition) is 3. The van der Waals surface area contributed by atoms with Crippen molar-refractivity contribution < 1.29 is 9.90 Å². The summed E-state index contributed by atoms with van der Waals surface area (Å²) in [5.41, 5.74) is 1.02. The molecule has 5 nitrogen and oxygen atoms in total. The van der Waals surface area contributed by atoms with E-state index in [9.17, 15) is 4.79 Å². The second-order valence-corrected chi connectivity index (χ2v) is 4.19. The van der Waals surface area contributed by atoms with Crippen LogP contribution in [-0.2, 0) is 12.8 Å². The SMILES string of the molecule is CCc1nc(CCNC(=O)NCCO)cs1. The van der Waals surface area contributed by atoms with Gasteiger partial charge in [0.05, 0.1) is 17.3 Å². The molecule has 1 heterocycles. The van der Waals surface area contributed by atoms with Gasteiger partial charge in [-0.1, -0.05) is 6.92 Å². The number of aromatic nitrogens is 1. The summed E-state index contributed by atoms with van der Waals surface area (Å²) in [5.74, 6) is 0. The molecular formula is C10H17N3O2S. The number of aliphatic hydroxyl groups excluding tert-OH is 1. The Balaban J connectivity index is 2.17. The van der Waals surface area contributed by atoms with Crippen molar-refractivity contribution in [2.75, 3.05) is 19.7 Å². The molecule has 0 unspecified atom stereocenters. The summed E-state index contributed by atoms with van der Waals surface area (Å²) in [6.45, 7) is 2.87. The fourth-order valence-electron chi connectivity index (χ4n) is 1.16. The number of aliphatic hydroxyl groups is 1. The van der Waals surface area contributed by atoms with Crippen molar-refractivity contribution in [1.29, 1.82) is 0 Å². The van der Waals surface area contributed by atoms with E-state index in [1.165, 1.54) is 0 Å². The summed E-state index contributed by atoms with van der Waals surface area (Å²) in [5, 5.41) is 16.9. The van der Waals surface area contributed by atoms with Crippen LogP contribution in [0.25, 0.3) is 0 Å². The van der Waals surface area contributed by atoms with Crippen LogP contribution in [0.2, 0.25) is 0 Å². The Morgan fingerprint density at radius 2 is 2.25 bits per heavy atom. The molecule has 2 amide bonds. The number of amides is 2. The second kappa shape index (κ2) is 7.19. The van der Waals surface area contributed by atoms with Crippen LogP contribution in [0.1, 0.15) is 17.6 Å². The molecule has 0 aliphatic rings. The largest absolute Gasteiger partial charge is 0.395 e. The summed E-state index contributed by atoms with van der Waals surface area (Å²) in [6, 6.07) is -0.250. The van der Waals surface area contributed by atoms with Gasteiger partial charge < -0.3 is 15.7 Å². The molecule has 16 heavy (non-hydrogen) atoms. The van der Waals surface area contributed by atoms with Gasteiger partial charge in [0, 0.05) is 24.9 Å². The molecule has 6 heteroatoms. The smallest absolute Gasteiger partial charge is 0.314 e. The number of carbonyl (C=O) groups is 1. The zero-order valence-electron chi connectivity index (χ0n) is 9.32. The summed E-state index contributed by atoms with van der Waals surface area (Å²) >= 11 is 1.65. The summed E-state index contributed by atoms with van der Waals surface area (Å²) in [4.78, 5) is 15.5. The van der Waals surface area contributed by atoms with Crippen molar-refractivity contribution in [3.8, 4) is 0 Å². The van der Waals surface area contributed by atoms with E-state index in [1.807, 2.05) is 5.38 Å². The lowest BCUT2D eigenvalue weighted by Gasteiger charge is -2.04. The van der Waals surface area contributed by atoms with E-state index in [-0.39, 0.29) is 19.2 Å². The Hall–Kier alpha value is -1.14. The molecule has 1 aromatic heterocycles. The monoisotopic (exact) mass is 243 g/mol. The number of hydrogen-bond acceptors (Lipinski definition) is 4. The van der Waals surface area contributed by atoms with Crippen molar-refractivity contribution in [1.82, 2.24) is 15.6 Å². The second-order valence-electron chi connectivity index (χ2n) is 3.24. The van der Waals surface area contributed by atoms with Crippen molar-refractivity contribution in [2.24, 2.45) is 0 Å². The molecule has 1 rings (SSSR count). The molecule has 3 N–H and O–H groups in total. The minimum Gasteiger partial charge on any atom is -0.395 e. The highest BCUT2D eigenvalue weighted by Gasteiger charge is 2.01. The molecule has 0 aliphatic carbocycles. The Labute approximate surface area is 98.9 Å². The first-order valence-electron chi connectivity index (χ1n) is 5.32. The highest BCUT2D eigenvalue weighted by Crippen LogP contribution is 2.09. The number of thiazole rings is 1. The van der Waals surface area contributed by atoms with Gasteiger partial charge in [-0.2, -0.15) is 0 Å². The minimum atomic E-state index is -0.250. The maximum absolute atomic E-state index is 11.1. The van der Waals surface area contributed by atoms with Gasteiger partial charge in [0.15, 0.2) is 0 Å². The Kier molecular flexibility index (Phi) is 5.81. The summed E-state index contributed by atoms with van der Waals surface area (Å²) < 4.78 is 0. The number of nitrogens with zero attached hydrogens (tertiary/aromatic N) is 1. The van der Waals surface area contributed by atoms with Crippen molar-refractivity contribution in [3.05, 3.63) is 16.1 Å². The number of carbonyl (C=O) groups excluding carboxylic acids is 1. The Bertz CT molecular complexity index is 328. The van der Waals surface area contributed by atoms with E-state index in [1.54, 1.807) is 11.3 Å². The van der Waals surface area contributed by atoms with Crippen LogP contribution in [0.4, 0.5) is 4.79 Å². The third-order valence-electron chi connectivity index (χ3n) is 1.97. The van der Waals surface area contributed by atoms with E-state index >= 15 is 0 Å². The van der Waals surface area contributed by atoms with Crippen LogP contribution in [0.15, 0.2) is 5.38 Å². The van der Waals surface area contributed by atoms with Crippen LogP contribution in [0.3, 0.4) is 0 Å². The van der Waals surface area contributed by atoms with Crippen molar-refractivity contribution in [2.45, 2.75) is 19.8 Å². The van der Waals surface area contributed by atoms with Crippen molar-refractivity contribution in [3.63, 3.8) is 0 Å². The number of nitrogens with one attached hydrogen (secondary N) is 2. The third-order valence-corrected chi connectivity index (χ3v) is 3.01. The minimum absolute atomic E-state index is 0.0423. The van der Waals surface area contributed by atoms with Crippen LogP contribution in [0, 0.1) is 0 Å². The molecule has 0 radical (unpaired) electrons. The molecule has 1 aromatic rings. The number of rotatable bonds is 6. The van der Waals surface area contributed by atoms with Crippen LogP contribution in [0.5, 0.6) is 0 Å². The van der Waals surface area contributed by atoms with E-state index < -0.39 is 0 Å². The first-order valence-corrected chi connectivity index (χ1v) is 6.20. The average Bonchev–Trinajstić information content (AvgIpc) is 2.74. The lowest BCUT2D eigenvalue weighted by Crippen LogP contribution is -2.37. The van der Waals surface area contributed by atoms with Crippen LogP contribution < -0.4 is 10.6 Å². The quantitative estimate of drug-likeness (QED) is 0.682. The Morgan fingerprint density at radius 1 is 1.50 bits per heavy atom. The first-order chi connectivity index (χ1) is 7.76. The third kappa shape index (κ3) is 4.59. The maximum Gasteiger partial charge on any atom is 0.314 e. The molecule has 0 saturated heterocycles. The van der Waals surface area contributed by atoms with E-state index in [0.29, 0.717) is 6.54 Å². The van der Waals surface area contributed by atoms with Gasteiger partial charge in [-0.25, -0.2) is 9.78 Å². The molecule has 0 saturated carbocycles. The predicted octanol–water partition coefficient (Wildman–Crippen LogP) is 0.540. The molecule has 0 atom stereocenters. The van der Waals surface area contributed by atoms with E-state index in [2.05, 4.69) is 22.5 Å². The van der Waals surface area contributed by atoms with Crippen LogP contribution >= 0.6 is 11.3 Å².